The minimum Gasteiger partial charge on any atom is -0.497 e. The van der Waals surface area contributed by atoms with Crippen molar-refractivity contribution in [1.29, 1.82) is 0 Å². The molecule has 1 aromatic heterocycles. The first-order chi connectivity index (χ1) is 11.2. The van der Waals surface area contributed by atoms with Crippen molar-refractivity contribution in [1.82, 2.24) is 4.57 Å². The van der Waals surface area contributed by atoms with Gasteiger partial charge in [-0.1, -0.05) is 12.1 Å². The molecular formula is C17H16N2O3S. The van der Waals surface area contributed by atoms with Crippen molar-refractivity contribution in [2.75, 3.05) is 12.4 Å². The molecule has 0 spiro atoms. The molecule has 0 aliphatic heterocycles. The summed E-state index contributed by atoms with van der Waals surface area (Å²) in [4.78, 5) is 12.5. The number of para-hydroxylation sites is 2. The number of aromatic nitrogens is 1. The summed E-state index contributed by atoms with van der Waals surface area (Å²) in [5, 5.41) is 2.85. The number of hydrogen-bond donors (Lipinski definition) is 1. The van der Waals surface area contributed by atoms with Crippen molar-refractivity contribution >= 4 is 34.9 Å². The fourth-order valence-corrected chi connectivity index (χ4v) is 2.62. The number of anilines is 1. The highest BCUT2D eigenvalue weighted by molar-refractivity contribution is 7.71. The van der Waals surface area contributed by atoms with E-state index in [9.17, 15) is 4.79 Å². The van der Waals surface area contributed by atoms with Crippen LogP contribution in [-0.4, -0.2) is 17.6 Å². The number of nitrogens with one attached hydrogen (secondary N) is 1. The SMILES string of the molecule is COc1ccc(NC(=O)CCn2c(=S)oc3ccccc32)cc1. The fraction of sp³-hybridized carbons (Fsp3) is 0.176. The Kier molecular flexibility index (Phi) is 4.43. The third kappa shape index (κ3) is 3.43. The van der Waals surface area contributed by atoms with Gasteiger partial charge in [-0.05, 0) is 48.6 Å². The average Bonchev–Trinajstić information content (AvgIpc) is 2.89. The van der Waals surface area contributed by atoms with Gasteiger partial charge < -0.3 is 14.5 Å². The molecule has 1 N–H and O–H groups in total. The normalized spacial score (nSPS) is 10.7. The first-order valence-electron chi connectivity index (χ1n) is 7.19. The van der Waals surface area contributed by atoms with Crippen LogP contribution in [-0.2, 0) is 11.3 Å². The highest BCUT2D eigenvalue weighted by atomic mass is 32.1. The number of fused-ring (bicyclic) bond motifs is 1. The zero-order valence-electron chi connectivity index (χ0n) is 12.6. The summed E-state index contributed by atoms with van der Waals surface area (Å²) >= 11 is 5.21. The van der Waals surface area contributed by atoms with Gasteiger partial charge >= 0.3 is 0 Å². The molecule has 1 heterocycles. The minimum absolute atomic E-state index is 0.0812. The lowest BCUT2D eigenvalue weighted by atomic mass is 10.3. The van der Waals surface area contributed by atoms with E-state index in [-0.39, 0.29) is 5.91 Å². The largest absolute Gasteiger partial charge is 0.497 e. The van der Waals surface area contributed by atoms with E-state index >= 15 is 0 Å². The Balaban J connectivity index is 1.66. The van der Waals surface area contributed by atoms with Crippen LogP contribution in [0.15, 0.2) is 52.9 Å². The highest BCUT2D eigenvalue weighted by Gasteiger charge is 2.08. The van der Waals surface area contributed by atoms with Crippen LogP contribution in [0.4, 0.5) is 5.69 Å². The molecular weight excluding hydrogens is 312 g/mol. The van der Waals surface area contributed by atoms with Gasteiger partial charge in [0.25, 0.3) is 4.84 Å². The second-order valence-electron chi connectivity index (χ2n) is 5.01. The Labute approximate surface area is 138 Å². The van der Waals surface area contributed by atoms with Crippen molar-refractivity contribution in [3.63, 3.8) is 0 Å². The summed E-state index contributed by atoms with van der Waals surface area (Å²) in [5.41, 5.74) is 2.36. The van der Waals surface area contributed by atoms with Crippen LogP contribution in [0.2, 0.25) is 0 Å². The highest BCUT2D eigenvalue weighted by Crippen LogP contribution is 2.18. The third-order valence-corrected chi connectivity index (χ3v) is 3.81. The molecule has 3 rings (SSSR count). The Morgan fingerprint density at radius 2 is 1.96 bits per heavy atom. The molecule has 2 aromatic carbocycles. The molecule has 0 bridgehead atoms. The van der Waals surface area contributed by atoms with Crippen LogP contribution in [0.25, 0.3) is 11.1 Å². The Hall–Kier alpha value is -2.60. The molecule has 3 aromatic rings. The number of aryl methyl sites for hydroxylation is 1. The molecule has 0 radical (unpaired) electrons. The van der Waals surface area contributed by atoms with Crippen molar-refractivity contribution < 1.29 is 13.9 Å². The smallest absolute Gasteiger partial charge is 0.269 e. The van der Waals surface area contributed by atoms with Crippen LogP contribution in [0.3, 0.4) is 0 Å². The number of ether oxygens (including phenoxy) is 1. The summed E-state index contributed by atoms with van der Waals surface area (Å²) in [6, 6.07) is 14.8. The van der Waals surface area contributed by atoms with Gasteiger partial charge in [0.1, 0.15) is 5.75 Å². The Bertz CT molecular complexity index is 881. The molecule has 0 fully saturated rings. The molecule has 23 heavy (non-hydrogen) atoms. The van der Waals surface area contributed by atoms with Crippen LogP contribution >= 0.6 is 12.2 Å². The Morgan fingerprint density at radius 3 is 2.70 bits per heavy atom. The summed E-state index contributed by atoms with van der Waals surface area (Å²) in [7, 11) is 1.60. The van der Waals surface area contributed by atoms with E-state index in [1.165, 1.54) is 0 Å². The Morgan fingerprint density at radius 1 is 1.22 bits per heavy atom. The van der Waals surface area contributed by atoms with E-state index in [1.807, 2.05) is 28.8 Å². The standard InChI is InChI=1S/C17H16N2O3S/c1-21-13-8-6-12(7-9-13)18-16(20)10-11-19-14-4-2-3-5-15(14)22-17(19)23/h2-9H,10-11H2,1H3,(H,18,20). The van der Waals surface area contributed by atoms with Gasteiger partial charge in [-0.25, -0.2) is 0 Å². The van der Waals surface area contributed by atoms with E-state index in [0.29, 0.717) is 17.8 Å². The van der Waals surface area contributed by atoms with Crippen LogP contribution in [0.5, 0.6) is 5.75 Å². The number of hydrogen-bond acceptors (Lipinski definition) is 4. The maximum atomic E-state index is 12.1. The lowest BCUT2D eigenvalue weighted by molar-refractivity contribution is -0.116. The lowest BCUT2D eigenvalue weighted by Gasteiger charge is -2.07. The first-order valence-corrected chi connectivity index (χ1v) is 7.60. The second kappa shape index (κ2) is 6.66. The molecule has 0 atom stereocenters. The quantitative estimate of drug-likeness (QED) is 0.719. The molecule has 0 aliphatic rings. The van der Waals surface area contributed by atoms with Gasteiger partial charge in [-0.3, -0.25) is 9.36 Å². The predicted molar refractivity (Wildman–Crippen MR) is 91.3 cm³/mol. The van der Waals surface area contributed by atoms with Gasteiger partial charge in [-0.2, -0.15) is 0 Å². The van der Waals surface area contributed by atoms with Crippen molar-refractivity contribution in [2.24, 2.45) is 0 Å². The number of carbonyl (C=O) groups is 1. The monoisotopic (exact) mass is 328 g/mol. The van der Waals surface area contributed by atoms with E-state index in [0.717, 1.165) is 22.5 Å². The van der Waals surface area contributed by atoms with E-state index in [2.05, 4.69) is 5.32 Å². The van der Waals surface area contributed by atoms with E-state index < -0.39 is 0 Å². The van der Waals surface area contributed by atoms with Crippen LogP contribution in [0, 0.1) is 4.84 Å². The molecule has 5 nitrogen and oxygen atoms in total. The fourth-order valence-electron chi connectivity index (χ4n) is 2.34. The van der Waals surface area contributed by atoms with Gasteiger partial charge in [0.15, 0.2) is 5.58 Å². The summed E-state index contributed by atoms with van der Waals surface area (Å²) in [5.74, 6) is 0.668. The first kappa shape index (κ1) is 15.3. The van der Waals surface area contributed by atoms with Crippen molar-refractivity contribution in [3.05, 3.63) is 53.4 Å². The average molecular weight is 328 g/mol. The number of benzene rings is 2. The second-order valence-corrected chi connectivity index (χ2v) is 5.36. The predicted octanol–water partition coefficient (Wildman–Crippen LogP) is 4.00. The maximum Gasteiger partial charge on any atom is 0.269 e. The number of amides is 1. The molecule has 6 heteroatoms. The van der Waals surface area contributed by atoms with Gasteiger partial charge in [0, 0.05) is 18.7 Å². The van der Waals surface area contributed by atoms with Gasteiger partial charge in [-0.15, -0.1) is 0 Å². The zero-order valence-corrected chi connectivity index (χ0v) is 13.4. The minimum atomic E-state index is -0.0812. The van der Waals surface area contributed by atoms with Crippen LogP contribution < -0.4 is 10.1 Å². The van der Waals surface area contributed by atoms with Gasteiger partial charge in [0.05, 0.1) is 12.6 Å². The molecule has 0 aliphatic carbocycles. The molecule has 0 unspecified atom stereocenters. The molecule has 1 amide bonds. The third-order valence-electron chi connectivity index (χ3n) is 3.51. The van der Waals surface area contributed by atoms with Crippen molar-refractivity contribution in [2.45, 2.75) is 13.0 Å². The summed E-state index contributed by atoms with van der Waals surface area (Å²) in [6.45, 7) is 0.470. The number of carbonyl (C=O) groups excluding carboxylic acids is 1. The molecule has 0 saturated heterocycles. The lowest BCUT2D eigenvalue weighted by Crippen LogP contribution is -2.14. The number of rotatable bonds is 5. The van der Waals surface area contributed by atoms with Crippen LogP contribution in [0.1, 0.15) is 6.42 Å². The van der Waals surface area contributed by atoms with Crippen molar-refractivity contribution in [3.8, 4) is 5.75 Å². The van der Waals surface area contributed by atoms with E-state index in [4.69, 9.17) is 21.4 Å². The van der Waals surface area contributed by atoms with E-state index in [1.54, 1.807) is 31.4 Å². The number of nitrogens with zero attached hydrogens (tertiary/aromatic N) is 1. The number of oxazole rings is 1. The summed E-state index contributed by atoms with van der Waals surface area (Å²) < 4.78 is 12.4. The topological polar surface area (TPSA) is 56.4 Å². The maximum absolute atomic E-state index is 12.1. The zero-order chi connectivity index (χ0) is 16.2. The summed E-state index contributed by atoms with van der Waals surface area (Å²) in [6.07, 6.45) is 0.309. The molecule has 118 valence electrons. The van der Waals surface area contributed by atoms with Gasteiger partial charge in [0.2, 0.25) is 5.91 Å². The number of methoxy groups -OCH3 is 1. The molecule has 0 saturated carbocycles.